The van der Waals surface area contributed by atoms with Gasteiger partial charge in [0, 0.05) is 0 Å². The van der Waals surface area contributed by atoms with Crippen LogP contribution in [0.2, 0.25) is 0 Å². The van der Waals surface area contributed by atoms with Gasteiger partial charge in [0.05, 0.1) is 11.8 Å². The number of nitrogens with zero attached hydrogens (tertiary/aromatic N) is 1. The molecule has 0 radical (unpaired) electrons. The van der Waals surface area contributed by atoms with Crippen molar-refractivity contribution in [2.45, 2.75) is 37.7 Å². The Morgan fingerprint density at radius 1 is 0.706 bits per heavy atom. The van der Waals surface area contributed by atoms with Gasteiger partial charge in [-0.1, -0.05) is 6.07 Å². The normalized spacial score (nSPS) is 12.4. The van der Waals surface area contributed by atoms with Crippen molar-refractivity contribution >= 4 is 17.9 Å². The number of halogens is 12. The molecule has 0 spiro atoms. The fraction of sp³-hybridized carbons (Fsp3) is 0.429. The summed E-state index contributed by atoms with van der Waals surface area (Å²) >= 11 is 0. The summed E-state index contributed by atoms with van der Waals surface area (Å²) in [6.45, 7) is 1.36. The van der Waals surface area contributed by atoms with Gasteiger partial charge in [-0.15, -0.1) is 0 Å². The highest BCUT2D eigenvalue weighted by Gasteiger charge is 2.39. The van der Waals surface area contributed by atoms with Gasteiger partial charge < -0.3 is 20.4 Å². The maximum absolute atomic E-state index is 12.1. The molecule has 1 atom stereocenters. The van der Waals surface area contributed by atoms with Crippen molar-refractivity contribution in [3.8, 4) is 0 Å². The first-order chi connectivity index (χ1) is 14.7. The molecular formula is C14H11F12NO7. The lowest BCUT2D eigenvalue weighted by Gasteiger charge is -2.08. The highest BCUT2D eigenvalue weighted by molar-refractivity contribution is 5.73. The second kappa shape index (κ2) is 13.4. The number of aliphatic hydroxyl groups excluding tert-OH is 1. The molecule has 1 rings (SSSR count). The Kier molecular flexibility index (Phi) is 13.9. The average molecular weight is 533 g/mol. The molecule has 0 aromatic carbocycles. The monoisotopic (exact) mass is 533 g/mol. The van der Waals surface area contributed by atoms with Gasteiger partial charge in [-0.05, 0) is 19.1 Å². The highest BCUT2D eigenvalue weighted by atomic mass is 19.4. The average Bonchev–Trinajstić information content (AvgIpc) is 2.60. The molecule has 4 N–H and O–H groups in total. The van der Waals surface area contributed by atoms with Gasteiger partial charge in [0.1, 0.15) is 5.69 Å². The van der Waals surface area contributed by atoms with Gasteiger partial charge >= 0.3 is 42.6 Å². The number of aromatic nitrogens is 1. The van der Waals surface area contributed by atoms with Crippen LogP contribution in [0.25, 0.3) is 0 Å². The Bertz CT molecular complexity index is 741. The summed E-state index contributed by atoms with van der Waals surface area (Å²) in [5.41, 5.74) is -0.958. The number of carboxylic acids is 3. The first-order valence-corrected chi connectivity index (χ1v) is 7.37. The third-order valence-corrected chi connectivity index (χ3v) is 2.22. The van der Waals surface area contributed by atoms with Gasteiger partial charge in [0.25, 0.3) is 0 Å². The largest absolute Gasteiger partial charge is 0.490 e. The zero-order valence-corrected chi connectivity index (χ0v) is 15.8. The zero-order chi connectivity index (χ0) is 28.3. The van der Waals surface area contributed by atoms with E-state index in [1.54, 1.807) is 0 Å². The van der Waals surface area contributed by atoms with Crippen molar-refractivity contribution in [1.29, 1.82) is 0 Å². The third kappa shape index (κ3) is 18.3. The van der Waals surface area contributed by atoms with Crippen molar-refractivity contribution in [3.05, 3.63) is 29.6 Å². The van der Waals surface area contributed by atoms with Gasteiger partial charge in [-0.25, -0.2) is 19.4 Å². The van der Waals surface area contributed by atoms with E-state index in [1.165, 1.54) is 19.1 Å². The first-order valence-electron chi connectivity index (χ1n) is 7.37. The number of carbonyl (C=O) groups is 3. The summed E-state index contributed by atoms with van der Waals surface area (Å²) in [5.74, 6) is -8.27. The van der Waals surface area contributed by atoms with Crippen molar-refractivity contribution in [3.63, 3.8) is 0 Å². The van der Waals surface area contributed by atoms with E-state index in [1.807, 2.05) is 0 Å². The fourth-order valence-corrected chi connectivity index (χ4v) is 0.842. The van der Waals surface area contributed by atoms with E-state index in [-0.39, 0.29) is 5.69 Å². The molecule has 20 heteroatoms. The number of aliphatic hydroxyl groups is 1. The van der Waals surface area contributed by atoms with Crippen LogP contribution in [0.5, 0.6) is 0 Å². The Hall–Kier alpha value is -3.32. The molecule has 0 aliphatic rings. The van der Waals surface area contributed by atoms with Gasteiger partial charge in [-0.2, -0.15) is 52.7 Å². The Morgan fingerprint density at radius 2 is 0.971 bits per heavy atom. The van der Waals surface area contributed by atoms with Crippen molar-refractivity contribution in [2.75, 3.05) is 0 Å². The van der Waals surface area contributed by atoms with Crippen LogP contribution >= 0.6 is 0 Å². The molecule has 1 aromatic heterocycles. The lowest BCUT2D eigenvalue weighted by atomic mass is 10.2. The van der Waals surface area contributed by atoms with Crippen LogP contribution in [0, 0.1) is 0 Å². The molecule has 1 aromatic rings. The number of alkyl halides is 12. The molecule has 0 amide bonds. The molecule has 0 saturated carbocycles. The number of rotatable bonds is 1. The number of hydrogen-bond acceptors (Lipinski definition) is 5. The minimum atomic E-state index is -5.08. The minimum absolute atomic E-state index is 0.0230. The fourth-order valence-electron chi connectivity index (χ4n) is 0.842. The number of hydrogen-bond donors (Lipinski definition) is 4. The molecule has 0 aliphatic heterocycles. The predicted molar refractivity (Wildman–Crippen MR) is 80.9 cm³/mol. The van der Waals surface area contributed by atoms with Crippen LogP contribution in [-0.2, 0) is 20.6 Å². The summed E-state index contributed by atoms with van der Waals surface area (Å²) < 4.78 is 131. The maximum atomic E-state index is 12.1. The quantitative estimate of drug-likeness (QED) is 0.396. The van der Waals surface area contributed by atoms with Crippen LogP contribution in [0.1, 0.15) is 24.4 Å². The molecule has 198 valence electrons. The van der Waals surface area contributed by atoms with Gasteiger partial charge in [0.15, 0.2) is 0 Å². The van der Waals surface area contributed by atoms with Crippen LogP contribution < -0.4 is 0 Å². The maximum Gasteiger partial charge on any atom is 0.490 e. The van der Waals surface area contributed by atoms with Gasteiger partial charge in [-0.3, -0.25) is 0 Å². The molecule has 1 unspecified atom stereocenters. The Balaban J connectivity index is -0.000000399. The lowest BCUT2D eigenvalue weighted by molar-refractivity contribution is -0.193. The number of pyridine rings is 1. The van der Waals surface area contributed by atoms with Crippen molar-refractivity contribution < 1.29 is 87.5 Å². The SMILES string of the molecule is CC(O)c1cccc(C(F)(F)F)n1.O=C(O)C(F)(F)F.O=C(O)C(F)(F)F.O=C(O)C(F)(F)F. The Labute approximate surface area is 179 Å². The number of aliphatic carboxylic acids is 3. The predicted octanol–water partition coefficient (Wildman–Crippen LogP) is 4.05. The first kappa shape index (κ1) is 35.3. The van der Waals surface area contributed by atoms with E-state index in [0.29, 0.717) is 0 Å². The number of carboxylic acid groups (broad SMARTS) is 3. The van der Waals surface area contributed by atoms with E-state index in [9.17, 15) is 52.7 Å². The van der Waals surface area contributed by atoms with Crippen LogP contribution in [0.15, 0.2) is 18.2 Å². The topological polar surface area (TPSA) is 145 Å². The molecule has 8 nitrogen and oxygen atoms in total. The van der Waals surface area contributed by atoms with E-state index >= 15 is 0 Å². The van der Waals surface area contributed by atoms with E-state index in [2.05, 4.69) is 4.98 Å². The van der Waals surface area contributed by atoms with E-state index in [4.69, 9.17) is 34.8 Å². The summed E-state index contributed by atoms with van der Waals surface area (Å²) in [4.78, 5) is 30.0. The van der Waals surface area contributed by atoms with Crippen molar-refractivity contribution in [2.24, 2.45) is 0 Å². The van der Waals surface area contributed by atoms with Crippen molar-refractivity contribution in [1.82, 2.24) is 4.98 Å². The lowest BCUT2D eigenvalue weighted by Crippen LogP contribution is -2.21. The van der Waals surface area contributed by atoms with E-state index < -0.39 is 54.4 Å². The standard InChI is InChI=1S/C8H8F3NO.3C2HF3O2/c1-5(13)6-3-2-4-7(12-6)8(9,10)11;3*3-2(4,5)1(6)7/h2-5,13H,1H3;3*(H,6,7). The highest BCUT2D eigenvalue weighted by Crippen LogP contribution is 2.28. The molecule has 0 fully saturated rings. The van der Waals surface area contributed by atoms with Crippen LogP contribution in [-0.4, -0.2) is 61.8 Å². The molecule has 0 aliphatic carbocycles. The Morgan fingerprint density at radius 3 is 1.15 bits per heavy atom. The zero-order valence-electron chi connectivity index (χ0n) is 15.8. The second-order valence-electron chi connectivity index (χ2n) is 5.03. The summed E-state index contributed by atoms with van der Waals surface area (Å²) in [6, 6.07) is 3.43. The summed E-state index contributed by atoms with van der Waals surface area (Å²) in [5, 5.41) is 30.4. The van der Waals surface area contributed by atoms with Crippen LogP contribution in [0.4, 0.5) is 52.7 Å². The summed E-state index contributed by atoms with van der Waals surface area (Å²) in [7, 11) is 0. The molecule has 34 heavy (non-hydrogen) atoms. The molecule has 0 saturated heterocycles. The smallest absolute Gasteiger partial charge is 0.475 e. The molecule has 1 heterocycles. The minimum Gasteiger partial charge on any atom is -0.475 e. The second-order valence-corrected chi connectivity index (χ2v) is 5.03. The summed E-state index contributed by atoms with van der Waals surface area (Å²) in [6.07, 6.45) is -20.7. The van der Waals surface area contributed by atoms with E-state index in [0.717, 1.165) is 6.07 Å². The van der Waals surface area contributed by atoms with Gasteiger partial charge in [0.2, 0.25) is 0 Å². The molecule has 0 bridgehead atoms. The molecular weight excluding hydrogens is 522 g/mol. The van der Waals surface area contributed by atoms with Crippen LogP contribution in [0.3, 0.4) is 0 Å². The third-order valence-electron chi connectivity index (χ3n) is 2.22.